The third-order valence-corrected chi connectivity index (χ3v) is 8.59. The number of pyridine rings is 2. The molecule has 0 spiro atoms. The van der Waals surface area contributed by atoms with Crippen LogP contribution in [0.1, 0.15) is 12.0 Å². The van der Waals surface area contributed by atoms with Crippen LogP contribution in [0.3, 0.4) is 0 Å². The molecule has 0 saturated heterocycles. The molecule has 7 aromatic rings. The molecule has 0 atom stereocenters. The van der Waals surface area contributed by atoms with Crippen molar-refractivity contribution in [2.24, 2.45) is 0 Å². The van der Waals surface area contributed by atoms with Crippen LogP contribution in [0, 0.1) is 0 Å². The van der Waals surface area contributed by atoms with Crippen LogP contribution in [0.5, 0.6) is 0 Å². The monoisotopic (exact) mass is 574 g/mol. The molecular formula is C43H30N2. The number of nitrogens with zero attached hydrogens (tertiary/aromatic N) is 2. The summed E-state index contributed by atoms with van der Waals surface area (Å²) in [6.07, 6.45) is 17.8. The highest BCUT2D eigenvalue weighted by atomic mass is 14.7. The van der Waals surface area contributed by atoms with Gasteiger partial charge in [-0.15, -0.1) is 0 Å². The number of fused-ring (bicyclic) bond motifs is 5. The molecule has 5 aromatic carbocycles. The van der Waals surface area contributed by atoms with Crippen LogP contribution in [0.4, 0.5) is 0 Å². The quantitative estimate of drug-likeness (QED) is 0.155. The SMILES string of the molecule is C=C1/C=C\C=C/C/C=C\C(c2c3ccccc3c(-c3ccc(-c4ccc5ccc6cccnc6c5n4)cc3)c3ccccc23)=C/1. The topological polar surface area (TPSA) is 25.8 Å². The molecule has 8 rings (SSSR count). The highest BCUT2D eigenvalue weighted by molar-refractivity contribution is 6.19. The summed E-state index contributed by atoms with van der Waals surface area (Å²) >= 11 is 0. The lowest BCUT2D eigenvalue weighted by atomic mass is 9.85. The first-order valence-corrected chi connectivity index (χ1v) is 15.3. The normalized spacial score (nSPS) is 16.9. The van der Waals surface area contributed by atoms with Crippen LogP contribution in [-0.4, -0.2) is 9.97 Å². The Hall–Kier alpha value is -5.86. The molecule has 1 aliphatic rings. The van der Waals surface area contributed by atoms with Crippen molar-refractivity contribution in [3.8, 4) is 22.4 Å². The fraction of sp³-hybridized carbons (Fsp3) is 0.0233. The van der Waals surface area contributed by atoms with E-state index in [1.54, 1.807) is 0 Å². The van der Waals surface area contributed by atoms with Gasteiger partial charge in [-0.25, -0.2) is 4.98 Å². The molecule has 2 heterocycles. The third kappa shape index (κ3) is 4.87. The van der Waals surface area contributed by atoms with E-state index in [-0.39, 0.29) is 0 Å². The van der Waals surface area contributed by atoms with Gasteiger partial charge in [0.1, 0.15) is 0 Å². The van der Waals surface area contributed by atoms with Crippen molar-refractivity contribution < 1.29 is 0 Å². The van der Waals surface area contributed by atoms with E-state index in [1.807, 2.05) is 12.3 Å². The molecule has 0 fully saturated rings. The summed E-state index contributed by atoms with van der Waals surface area (Å²) in [5, 5.41) is 7.11. The van der Waals surface area contributed by atoms with Crippen molar-refractivity contribution in [3.63, 3.8) is 0 Å². The Morgan fingerprint density at radius 3 is 1.91 bits per heavy atom. The van der Waals surface area contributed by atoms with Crippen LogP contribution in [0.25, 0.3) is 71.3 Å². The van der Waals surface area contributed by atoms with Crippen molar-refractivity contribution >= 4 is 48.9 Å². The molecule has 0 unspecified atom stereocenters. The highest BCUT2D eigenvalue weighted by Crippen LogP contribution is 2.42. The Bertz CT molecular complexity index is 2350. The Morgan fingerprint density at radius 2 is 1.18 bits per heavy atom. The van der Waals surface area contributed by atoms with E-state index in [1.165, 1.54) is 43.8 Å². The molecular weight excluding hydrogens is 544 g/mol. The van der Waals surface area contributed by atoms with Gasteiger partial charge in [-0.3, -0.25) is 4.98 Å². The molecule has 2 aromatic heterocycles. The van der Waals surface area contributed by atoms with Gasteiger partial charge in [0.25, 0.3) is 0 Å². The van der Waals surface area contributed by atoms with Gasteiger partial charge in [0, 0.05) is 22.5 Å². The van der Waals surface area contributed by atoms with Crippen molar-refractivity contribution in [2.45, 2.75) is 6.42 Å². The predicted octanol–water partition coefficient (Wildman–Crippen LogP) is 11.4. The minimum atomic E-state index is 0.882. The lowest BCUT2D eigenvalue weighted by molar-refractivity contribution is 1.37. The molecule has 0 saturated carbocycles. The molecule has 0 radical (unpaired) electrons. The second-order valence-electron chi connectivity index (χ2n) is 11.4. The number of aromatic nitrogens is 2. The van der Waals surface area contributed by atoms with Gasteiger partial charge < -0.3 is 0 Å². The van der Waals surface area contributed by atoms with E-state index in [0.717, 1.165) is 45.1 Å². The van der Waals surface area contributed by atoms with Gasteiger partial charge in [0.15, 0.2) is 0 Å². The summed E-state index contributed by atoms with van der Waals surface area (Å²) in [5.41, 5.74) is 9.68. The zero-order chi connectivity index (χ0) is 30.2. The first-order chi connectivity index (χ1) is 22.2. The fourth-order valence-electron chi connectivity index (χ4n) is 6.50. The second-order valence-corrected chi connectivity index (χ2v) is 11.4. The highest BCUT2D eigenvalue weighted by Gasteiger charge is 2.17. The Kier molecular flexibility index (Phi) is 6.73. The summed E-state index contributed by atoms with van der Waals surface area (Å²) in [6.45, 7) is 4.31. The van der Waals surface area contributed by atoms with Crippen LogP contribution in [0.2, 0.25) is 0 Å². The van der Waals surface area contributed by atoms with Crippen LogP contribution < -0.4 is 0 Å². The Morgan fingerprint density at radius 1 is 0.533 bits per heavy atom. The molecule has 0 amide bonds. The van der Waals surface area contributed by atoms with Crippen molar-refractivity contribution in [2.75, 3.05) is 0 Å². The fourth-order valence-corrected chi connectivity index (χ4v) is 6.50. The maximum atomic E-state index is 5.08. The van der Waals surface area contributed by atoms with Gasteiger partial charge in [-0.05, 0) is 74.0 Å². The van der Waals surface area contributed by atoms with Gasteiger partial charge in [0.2, 0.25) is 0 Å². The molecule has 2 heteroatoms. The van der Waals surface area contributed by atoms with E-state index in [9.17, 15) is 0 Å². The van der Waals surface area contributed by atoms with E-state index in [4.69, 9.17) is 4.98 Å². The minimum Gasteiger partial charge on any atom is -0.254 e. The molecule has 0 aliphatic heterocycles. The van der Waals surface area contributed by atoms with Gasteiger partial charge in [-0.2, -0.15) is 0 Å². The van der Waals surface area contributed by atoms with Crippen LogP contribution in [0.15, 0.2) is 170 Å². The van der Waals surface area contributed by atoms with Crippen molar-refractivity contribution in [1.29, 1.82) is 0 Å². The van der Waals surface area contributed by atoms with Gasteiger partial charge in [-0.1, -0.05) is 140 Å². The predicted molar refractivity (Wildman–Crippen MR) is 192 cm³/mol. The molecule has 1 aliphatic carbocycles. The molecule has 212 valence electrons. The van der Waals surface area contributed by atoms with Crippen molar-refractivity contribution in [3.05, 3.63) is 176 Å². The van der Waals surface area contributed by atoms with Crippen LogP contribution in [-0.2, 0) is 0 Å². The largest absolute Gasteiger partial charge is 0.254 e. The summed E-state index contributed by atoms with van der Waals surface area (Å²) in [5.74, 6) is 0. The first kappa shape index (κ1) is 26.7. The second kappa shape index (κ2) is 11.3. The maximum absolute atomic E-state index is 5.08. The third-order valence-electron chi connectivity index (χ3n) is 8.59. The summed E-state index contributed by atoms with van der Waals surface area (Å²) in [6, 6.07) is 38.9. The first-order valence-electron chi connectivity index (χ1n) is 15.3. The van der Waals surface area contributed by atoms with E-state index in [0.29, 0.717) is 0 Å². The summed E-state index contributed by atoms with van der Waals surface area (Å²) < 4.78 is 0. The number of hydrogen-bond acceptors (Lipinski definition) is 2. The summed E-state index contributed by atoms with van der Waals surface area (Å²) in [7, 11) is 0. The van der Waals surface area contributed by atoms with E-state index >= 15 is 0 Å². The zero-order valence-corrected chi connectivity index (χ0v) is 24.8. The molecule has 0 N–H and O–H groups in total. The molecule has 0 bridgehead atoms. The average Bonchev–Trinajstić information content (AvgIpc) is 3.09. The Labute approximate surface area is 262 Å². The zero-order valence-electron chi connectivity index (χ0n) is 24.8. The van der Waals surface area contributed by atoms with Crippen molar-refractivity contribution in [1.82, 2.24) is 9.97 Å². The number of rotatable bonds is 3. The smallest absolute Gasteiger partial charge is 0.0972 e. The maximum Gasteiger partial charge on any atom is 0.0972 e. The Balaban J connectivity index is 1.29. The minimum absolute atomic E-state index is 0.882. The standard InChI is InChI=1S/C43H30N2/c1-29-12-5-3-2-4-6-13-34(28-29)41-37-17-9-7-15-35(37)40(36-16-8-10-18-38(36)41)31-21-19-30(20-22-31)39-26-25-33-24-23-32-14-11-27-44-42(32)43(33)45-39/h2-3,5-28H,1,4H2/b3-2-,12-5-,13-6-,34-28+. The molecule has 2 nitrogen and oxygen atoms in total. The van der Waals surface area contributed by atoms with E-state index in [2.05, 4.69) is 157 Å². The lowest BCUT2D eigenvalue weighted by Gasteiger charge is -2.18. The van der Waals surface area contributed by atoms with Gasteiger partial charge >= 0.3 is 0 Å². The van der Waals surface area contributed by atoms with E-state index < -0.39 is 0 Å². The average molecular weight is 575 g/mol. The van der Waals surface area contributed by atoms with Crippen LogP contribution >= 0.6 is 0 Å². The molecule has 45 heavy (non-hydrogen) atoms. The van der Waals surface area contributed by atoms with Gasteiger partial charge in [0.05, 0.1) is 16.7 Å². The number of allylic oxidation sites excluding steroid dienone is 9. The number of hydrogen-bond donors (Lipinski definition) is 0. The number of benzene rings is 5. The summed E-state index contributed by atoms with van der Waals surface area (Å²) in [4.78, 5) is 9.72. The lowest BCUT2D eigenvalue weighted by Crippen LogP contribution is -1.94.